The fourth-order valence-electron chi connectivity index (χ4n) is 2.47. The van der Waals surface area contributed by atoms with Crippen LogP contribution in [0.2, 0.25) is 0 Å². The first-order valence-corrected chi connectivity index (χ1v) is 9.75. The summed E-state index contributed by atoms with van der Waals surface area (Å²) in [5.74, 6) is 1.04. The number of aromatic nitrogens is 2. The number of nitrogens with one attached hydrogen (secondary N) is 1. The largest absolute Gasteiger partial charge is 0.400 e. The van der Waals surface area contributed by atoms with Crippen molar-refractivity contribution in [2.45, 2.75) is 41.0 Å². The van der Waals surface area contributed by atoms with Crippen LogP contribution in [-0.2, 0) is 11.2 Å². The molecule has 6 heteroatoms. The average Bonchev–Trinajstić information content (AvgIpc) is 3.11. The van der Waals surface area contributed by atoms with Gasteiger partial charge in [0.2, 0.25) is 0 Å². The second-order valence-electron chi connectivity index (χ2n) is 7.73. The summed E-state index contributed by atoms with van der Waals surface area (Å²) in [7, 11) is 2.94. The summed E-state index contributed by atoms with van der Waals surface area (Å²) in [5.41, 5.74) is 4.33. The zero-order valence-electron chi connectivity index (χ0n) is 19.3. The Kier molecular flexibility index (Phi) is 12.7. The molecule has 0 aliphatic rings. The number of hydrogen-bond acceptors (Lipinski definition) is 5. The van der Waals surface area contributed by atoms with Gasteiger partial charge >= 0.3 is 0 Å². The number of aliphatic hydroxyl groups excluding tert-OH is 1. The van der Waals surface area contributed by atoms with Crippen LogP contribution in [0.1, 0.15) is 39.0 Å². The fraction of sp³-hybridized carbons (Fsp3) is 0.375. The number of allylic oxidation sites excluding steroid dienone is 2. The predicted octanol–water partition coefficient (Wildman–Crippen LogP) is 4.77. The third kappa shape index (κ3) is 9.98. The van der Waals surface area contributed by atoms with Gasteiger partial charge < -0.3 is 10.4 Å². The van der Waals surface area contributed by atoms with E-state index in [1.165, 1.54) is 18.0 Å². The molecular formula is C24H36N4O2. The van der Waals surface area contributed by atoms with Crippen molar-refractivity contribution < 1.29 is 9.90 Å². The van der Waals surface area contributed by atoms with E-state index in [2.05, 4.69) is 68.8 Å². The molecule has 6 nitrogen and oxygen atoms in total. The number of hydrogen-bond donors (Lipinski definition) is 2. The number of aldehydes is 1. The average molecular weight is 413 g/mol. The summed E-state index contributed by atoms with van der Waals surface area (Å²) in [5, 5.41) is 15.0. The van der Waals surface area contributed by atoms with Crippen LogP contribution in [0, 0.1) is 12.3 Å². The van der Waals surface area contributed by atoms with Crippen molar-refractivity contribution in [1.29, 1.82) is 0 Å². The molecule has 1 heterocycles. The third-order valence-corrected chi connectivity index (χ3v) is 3.73. The van der Waals surface area contributed by atoms with E-state index in [1.54, 1.807) is 13.0 Å². The molecule has 0 radical (unpaired) electrons. The van der Waals surface area contributed by atoms with E-state index in [1.807, 2.05) is 17.8 Å². The summed E-state index contributed by atoms with van der Waals surface area (Å²) in [6, 6.07) is 10.5. The molecule has 0 spiro atoms. The molecule has 0 aliphatic carbocycles. The Bertz CT molecular complexity index is 843. The Labute approximate surface area is 181 Å². The molecule has 1 aromatic carbocycles. The van der Waals surface area contributed by atoms with Crippen molar-refractivity contribution in [3.8, 4) is 5.69 Å². The predicted molar refractivity (Wildman–Crippen MR) is 128 cm³/mol. The van der Waals surface area contributed by atoms with E-state index >= 15 is 0 Å². The van der Waals surface area contributed by atoms with Crippen molar-refractivity contribution in [2.24, 2.45) is 10.4 Å². The minimum absolute atomic E-state index is 0.246. The Hall–Kier alpha value is -2.99. The molecule has 0 aliphatic heterocycles. The Morgan fingerprint density at radius 3 is 2.43 bits per heavy atom. The van der Waals surface area contributed by atoms with E-state index in [0.29, 0.717) is 5.57 Å². The van der Waals surface area contributed by atoms with E-state index in [9.17, 15) is 4.79 Å². The standard InChI is InChI=1S/C16H23N3.C7H9NO.CH4O/c1-12-8-6-7-9-14(12)19-15(17-5)10-13(18-19)11-16(2,3)4;1-3-4-8-5-7(2)6-9;1-2/h6-10,17H,11H2,1-5H3;3-6H,1H2,2H3;2H,1H3/b;7-5+,8-4?;. The van der Waals surface area contributed by atoms with Crippen LogP contribution >= 0.6 is 0 Å². The van der Waals surface area contributed by atoms with Gasteiger partial charge in [-0.1, -0.05) is 51.6 Å². The zero-order valence-corrected chi connectivity index (χ0v) is 19.3. The topological polar surface area (TPSA) is 79.5 Å². The second-order valence-corrected chi connectivity index (χ2v) is 7.73. The number of nitrogens with zero attached hydrogens (tertiary/aromatic N) is 3. The Morgan fingerprint density at radius 2 is 1.93 bits per heavy atom. The molecule has 0 saturated carbocycles. The smallest absolute Gasteiger partial charge is 0.147 e. The first-order valence-electron chi connectivity index (χ1n) is 9.75. The molecule has 2 rings (SSSR count). The first kappa shape index (κ1) is 27.0. The number of aryl methyl sites for hydroxylation is 1. The minimum Gasteiger partial charge on any atom is -0.400 e. The highest BCUT2D eigenvalue weighted by Gasteiger charge is 2.16. The Morgan fingerprint density at radius 1 is 1.30 bits per heavy atom. The van der Waals surface area contributed by atoms with Crippen LogP contribution in [0.25, 0.3) is 5.69 Å². The van der Waals surface area contributed by atoms with Crippen LogP contribution in [-0.4, -0.2) is 41.5 Å². The molecule has 30 heavy (non-hydrogen) atoms. The molecule has 2 N–H and O–H groups in total. The van der Waals surface area contributed by atoms with Gasteiger partial charge in [-0.15, -0.1) is 0 Å². The number of para-hydroxylation sites is 1. The number of benzene rings is 1. The van der Waals surface area contributed by atoms with Crippen molar-refractivity contribution in [3.63, 3.8) is 0 Å². The SMILES string of the molecule is C=CC=N/C=C(\C)C=O.CNc1cc(CC(C)(C)C)nn1-c1ccccc1C.CO. The van der Waals surface area contributed by atoms with Crippen molar-refractivity contribution >= 4 is 18.3 Å². The van der Waals surface area contributed by atoms with Crippen LogP contribution in [0.15, 0.2) is 59.8 Å². The monoisotopic (exact) mass is 412 g/mol. The maximum Gasteiger partial charge on any atom is 0.147 e. The van der Waals surface area contributed by atoms with E-state index in [-0.39, 0.29) is 5.41 Å². The van der Waals surface area contributed by atoms with E-state index < -0.39 is 0 Å². The molecule has 0 fully saturated rings. The molecule has 0 bridgehead atoms. The lowest BCUT2D eigenvalue weighted by Crippen LogP contribution is -2.10. The summed E-state index contributed by atoms with van der Waals surface area (Å²) in [6.07, 6.45) is 6.28. The molecule has 0 amide bonds. The summed E-state index contributed by atoms with van der Waals surface area (Å²) in [4.78, 5) is 13.7. The molecule has 2 aromatic rings. The first-order chi connectivity index (χ1) is 14.2. The number of carbonyl (C=O) groups is 1. The van der Waals surface area contributed by atoms with Crippen molar-refractivity contribution in [3.05, 3.63) is 66.0 Å². The molecular weight excluding hydrogens is 376 g/mol. The molecule has 0 saturated heterocycles. The van der Waals surface area contributed by atoms with Gasteiger partial charge in [0.05, 0.1) is 11.4 Å². The lowest BCUT2D eigenvalue weighted by atomic mass is 9.91. The van der Waals surface area contributed by atoms with Crippen LogP contribution < -0.4 is 5.32 Å². The van der Waals surface area contributed by atoms with Gasteiger partial charge in [-0.3, -0.25) is 9.79 Å². The van der Waals surface area contributed by atoms with Gasteiger partial charge in [0, 0.05) is 38.2 Å². The highest BCUT2D eigenvalue weighted by molar-refractivity contribution is 5.74. The van der Waals surface area contributed by atoms with Gasteiger partial charge in [0.1, 0.15) is 12.1 Å². The zero-order chi connectivity index (χ0) is 23.2. The van der Waals surface area contributed by atoms with Crippen LogP contribution in [0.5, 0.6) is 0 Å². The Balaban J connectivity index is 0.000000648. The highest BCUT2D eigenvalue weighted by Crippen LogP contribution is 2.24. The molecule has 1 aromatic heterocycles. The number of carbonyl (C=O) groups excluding carboxylic acids is 1. The minimum atomic E-state index is 0.246. The van der Waals surface area contributed by atoms with Crippen molar-refractivity contribution in [2.75, 3.05) is 19.5 Å². The summed E-state index contributed by atoms with van der Waals surface area (Å²) >= 11 is 0. The maximum absolute atomic E-state index is 9.93. The molecule has 164 valence electrons. The van der Waals surface area contributed by atoms with Crippen LogP contribution in [0.4, 0.5) is 5.82 Å². The van der Waals surface area contributed by atoms with E-state index in [4.69, 9.17) is 10.2 Å². The van der Waals surface area contributed by atoms with Gasteiger partial charge in [-0.05, 0) is 37.3 Å². The molecule has 0 unspecified atom stereocenters. The quantitative estimate of drug-likeness (QED) is 0.407. The van der Waals surface area contributed by atoms with Gasteiger partial charge in [-0.25, -0.2) is 4.68 Å². The van der Waals surface area contributed by atoms with Crippen molar-refractivity contribution in [1.82, 2.24) is 9.78 Å². The van der Waals surface area contributed by atoms with Crippen LogP contribution in [0.3, 0.4) is 0 Å². The third-order valence-electron chi connectivity index (χ3n) is 3.73. The van der Waals surface area contributed by atoms with Gasteiger partial charge in [0.15, 0.2) is 0 Å². The van der Waals surface area contributed by atoms with Gasteiger partial charge in [-0.2, -0.15) is 5.10 Å². The van der Waals surface area contributed by atoms with Gasteiger partial charge in [0.25, 0.3) is 0 Å². The molecule has 0 atom stereocenters. The maximum atomic E-state index is 9.93. The van der Waals surface area contributed by atoms with E-state index in [0.717, 1.165) is 37.0 Å². The lowest BCUT2D eigenvalue weighted by molar-refractivity contribution is -0.104. The number of anilines is 1. The number of aliphatic imine (C=N–C) groups is 1. The highest BCUT2D eigenvalue weighted by atomic mass is 16.2. The summed E-state index contributed by atoms with van der Waals surface area (Å²) in [6.45, 7) is 13.9. The fourth-order valence-corrected chi connectivity index (χ4v) is 2.47. The number of rotatable bonds is 6. The summed E-state index contributed by atoms with van der Waals surface area (Å²) < 4.78 is 2.00. The normalized spacial score (nSPS) is 11.1. The second kappa shape index (κ2) is 14.1. The number of aliphatic hydroxyl groups is 1. The lowest BCUT2D eigenvalue weighted by Gasteiger charge is -2.15.